The lowest BCUT2D eigenvalue weighted by molar-refractivity contribution is -0.126. The Labute approximate surface area is 52.0 Å². The van der Waals surface area contributed by atoms with E-state index in [1.165, 1.54) is 4.90 Å². The van der Waals surface area contributed by atoms with Crippen molar-refractivity contribution in [3.63, 3.8) is 0 Å². The summed E-state index contributed by atoms with van der Waals surface area (Å²) >= 11 is 0. The Kier molecular flexibility index (Phi) is 0.670. The Balaban J connectivity index is 2.36. The van der Waals surface area contributed by atoms with Gasteiger partial charge >= 0.3 is 6.03 Å². The van der Waals surface area contributed by atoms with Gasteiger partial charge in [-0.05, 0) is 0 Å². The lowest BCUT2D eigenvalue weighted by Crippen LogP contribution is -2.30. The highest BCUT2D eigenvalue weighted by molar-refractivity contribution is 6.03. The molecule has 2 fully saturated rings. The fourth-order valence-electron chi connectivity index (χ4n) is 1.21. The molecule has 2 saturated heterocycles. The summed E-state index contributed by atoms with van der Waals surface area (Å²) in [6, 6.07) is -0.111. The van der Waals surface area contributed by atoms with Crippen LogP contribution in [-0.2, 0) is 4.79 Å². The van der Waals surface area contributed by atoms with E-state index in [1.807, 2.05) is 0 Å². The maximum absolute atomic E-state index is 10.8. The molecule has 2 rings (SSSR count). The van der Waals surface area contributed by atoms with Crippen LogP contribution in [0.4, 0.5) is 4.79 Å². The summed E-state index contributed by atoms with van der Waals surface area (Å²) in [6.07, 6.45) is 0. The lowest BCUT2D eigenvalue weighted by Gasteiger charge is -2.08. The molecule has 0 atom stereocenters. The molecule has 9 heavy (non-hydrogen) atoms. The SMILES string of the molecule is O=C1CN2CCN1C2=O. The van der Waals surface area contributed by atoms with Crippen molar-refractivity contribution in [2.45, 2.75) is 0 Å². The second-order valence-corrected chi connectivity index (χ2v) is 2.25. The van der Waals surface area contributed by atoms with Crippen molar-refractivity contribution in [3.8, 4) is 0 Å². The van der Waals surface area contributed by atoms with E-state index < -0.39 is 0 Å². The Morgan fingerprint density at radius 2 is 2.00 bits per heavy atom. The van der Waals surface area contributed by atoms with Crippen LogP contribution in [0.25, 0.3) is 0 Å². The molecule has 4 heteroatoms. The van der Waals surface area contributed by atoms with Gasteiger partial charge in [-0.15, -0.1) is 0 Å². The predicted octanol–water partition coefficient (Wildman–Crippen LogP) is -0.736. The van der Waals surface area contributed by atoms with Crippen LogP contribution in [0.1, 0.15) is 0 Å². The smallest absolute Gasteiger partial charge is 0.313 e. The Morgan fingerprint density at radius 1 is 1.22 bits per heavy atom. The zero-order valence-electron chi connectivity index (χ0n) is 4.83. The summed E-state index contributed by atoms with van der Waals surface area (Å²) in [5, 5.41) is 0. The van der Waals surface area contributed by atoms with Crippen LogP contribution in [-0.4, -0.2) is 41.4 Å². The molecule has 0 aromatic heterocycles. The van der Waals surface area contributed by atoms with E-state index in [-0.39, 0.29) is 11.9 Å². The second kappa shape index (κ2) is 1.26. The van der Waals surface area contributed by atoms with Crippen LogP contribution in [0.3, 0.4) is 0 Å². The van der Waals surface area contributed by atoms with Gasteiger partial charge in [0, 0.05) is 13.1 Å². The molecule has 0 radical (unpaired) electrons. The van der Waals surface area contributed by atoms with Gasteiger partial charge in [0.15, 0.2) is 0 Å². The highest BCUT2D eigenvalue weighted by atomic mass is 16.2. The highest BCUT2D eigenvalue weighted by Crippen LogP contribution is 2.15. The first-order valence-electron chi connectivity index (χ1n) is 2.88. The van der Waals surface area contributed by atoms with Crippen LogP contribution in [0, 0.1) is 0 Å². The summed E-state index contributed by atoms with van der Waals surface area (Å²) in [5.74, 6) is -0.0498. The maximum atomic E-state index is 10.8. The topological polar surface area (TPSA) is 40.6 Å². The number of urea groups is 1. The van der Waals surface area contributed by atoms with Crippen LogP contribution in [0.2, 0.25) is 0 Å². The molecule has 0 unspecified atom stereocenters. The zero-order chi connectivity index (χ0) is 6.43. The van der Waals surface area contributed by atoms with Crippen molar-refractivity contribution in [3.05, 3.63) is 0 Å². The molecule has 4 nitrogen and oxygen atoms in total. The number of imide groups is 1. The van der Waals surface area contributed by atoms with Gasteiger partial charge in [0.2, 0.25) is 5.91 Å². The molecule has 0 aromatic carbocycles. The molecular weight excluding hydrogens is 120 g/mol. The summed E-state index contributed by atoms with van der Waals surface area (Å²) in [6.45, 7) is 1.63. The first-order valence-corrected chi connectivity index (χ1v) is 2.88. The molecule has 0 spiro atoms. The minimum Gasteiger partial charge on any atom is -0.313 e. The van der Waals surface area contributed by atoms with E-state index in [2.05, 4.69) is 0 Å². The van der Waals surface area contributed by atoms with Crippen molar-refractivity contribution in [2.24, 2.45) is 0 Å². The van der Waals surface area contributed by atoms with Gasteiger partial charge in [0.1, 0.15) is 6.54 Å². The number of hydrogen-bond donors (Lipinski definition) is 0. The molecule has 48 valence electrons. The third-order valence-corrected chi connectivity index (χ3v) is 1.72. The summed E-state index contributed by atoms with van der Waals surface area (Å²) in [4.78, 5) is 24.4. The van der Waals surface area contributed by atoms with Crippen LogP contribution >= 0.6 is 0 Å². The van der Waals surface area contributed by atoms with Crippen molar-refractivity contribution in [1.29, 1.82) is 0 Å². The van der Waals surface area contributed by atoms with Crippen LogP contribution in [0.15, 0.2) is 0 Å². The van der Waals surface area contributed by atoms with Gasteiger partial charge in [-0.1, -0.05) is 0 Å². The number of carbonyl (C=O) groups is 2. The van der Waals surface area contributed by atoms with Crippen molar-refractivity contribution >= 4 is 11.9 Å². The number of amides is 3. The molecular formula is C5H6N2O2. The highest BCUT2D eigenvalue weighted by Gasteiger charge is 2.41. The molecule has 0 saturated carbocycles. The molecule has 0 aromatic rings. The zero-order valence-corrected chi connectivity index (χ0v) is 4.83. The maximum Gasteiger partial charge on any atom is 0.327 e. The molecule has 0 aliphatic carbocycles. The van der Waals surface area contributed by atoms with Crippen LogP contribution in [0.5, 0.6) is 0 Å². The van der Waals surface area contributed by atoms with E-state index in [1.54, 1.807) is 4.90 Å². The van der Waals surface area contributed by atoms with Gasteiger partial charge in [-0.3, -0.25) is 9.69 Å². The average molecular weight is 126 g/mol. The van der Waals surface area contributed by atoms with Crippen LogP contribution < -0.4 is 0 Å². The molecule has 0 N–H and O–H groups in total. The van der Waals surface area contributed by atoms with E-state index >= 15 is 0 Å². The largest absolute Gasteiger partial charge is 0.327 e. The van der Waals surface area contributed by atoms with E-state index in [0.29, 0.717) is 13.1 Å². The number of fused-ring (bicyclic) bond motifs is 2. The number of carbonyl (C=O) groups excluding carboxylic acids is 2. The molecule has 2 aliphatic rings. The summed E-state index contributed by atoms with van der Waals surface area (Å²) in [5.41, 5.74) is 0. The first kappa shape index (κ1) is 4.78. The minimum absolute atomic E-state index is 0.0498. The minimum atomic E-state index is -0.111. The number of hydrogen-bond acceptors (Lipinski definition) is 2. The predicted molar refractivity (Wildman–Crippen MR) is 28.7 cm³/mol. The number of rotatable bonds is 0. The molecule has 2 heterocycles. The van der Waals surface area contributed by atoms with Gasteiger partial charge in [-0.25, -0.2) is 4.79 Å². The first-order chi connectivity index (χ1) is 4.29. The third-order valence-electron chi connectivity index (χ3n) is 1.72. The van der Waals surface area contributed by atoms with Gasteiger partial charge in [-0.2, -0.15) is 0 Å². The van der Waals surface area contributed by atoms with E-state index in [4.69, 9.17) is 0 Å². The standard InChI is InChI=1S/C5H6N2O2/c8-4-3-6-1-2-7(4)5(6)9/h1-3H2. The number of piperazine rings is 1. The van der Waals surface area contributed by atoms with Crippen molar-refractivity contribution < 1.29 is 9.59 Å². The average Bonchev–Trinajstić information content (AvgIpc) is 2.25. The molecule has 3 amide bonds. The Morgan fingerprint density at radius 3 is 2.22 bits per heavy atom. The van der Waals surface area contributed by atoms with Crippen molar-refractivity contribution in [1.82, 2.24) is 9.80 Å². The Bertz CT molecular complexity index is 189. The molecule has 2 aliphatic heterocycles. The fourth-order valence-corrected chi connectivity index (χ4v) is 1.21. The van der Waals surface area contributed by atoms with Crippen molar-refractivity contribution in [2.75, 3.05) is 19.6 Å². The van der Waals surface area contributed by atoms with Gasteiger partial charge in [0.05, 0.1) is 0 Å². The Hall–Kier alpha value is -1.06. The normalized spacial score (nSPS) is 24.4. The monoisotopic (exact) mass is 126 g/mol. The van der Waals surface area contributed by atoms with E-state index in [0.717, 1.165) is 6.54 Å². The fraction of sp³-hybridized carbons (Fsp3) is 0.600. The van der Waals surface area contributed by atoms with Gasteiger partial charge < -0.3 is 4.90 Å². The van der Waals surface area contributed by atoms with Gasteiger partial charge in [0.25, 0.3) is 0 Å². The quantitative estimate of drug-likeness (QED) is 0.401. The number of nitrogens with zero attached hydrogens (tertiary/aromatic N) is 2. The lowest BCUT2D eigenvalue weighted by atomic mass is 10.4. The molecule has 2 bridgehead atoms. The third kappa shape index (κ3) is 0.426. The summed E-state index contributed by atoms with van der Waals surface area (Å²) < 4.78 is 0. The van der Waals surface area contributed by atoms with E-state index in [9.17, 15) is 9.59 Å². The summed E-state index contributed by atoms with van der Waals surface area (Å²) in [7, 11) is 0. The second-order valence-electron chi connectivity index (χ2n) is 2.25.